The Balaban J connectivity index is 1.15. The molecule has 5 fully saturated rings. The molecule has 2 aromatic rings. The van der Waals surface area contributed by atoms with Crippen molar-refractivity contribution in [2.45, 2.75) is 55.8 Å². The van der Waals surface area contributed by atoms with Gasteiger partial charge in [0.15, 0.2) is 11.4 Å². The lowest BCUT2D eigenvalue weighted by Crippen LogP contribution is -2.70. The van der Waals surface area contributed by atoms with Crippen LogP contribution in [-0.4, -0.2) is 84.7 Å². The summed E-state index contributed by atoms with van der Waals surface area (Å²) in [7, 11) is 2.91. The molecule has 0 saturated heterocycles. The maximum Gasteiger partial charge on any atom is 0.299 e. The summed E-state index contributed by atoms with van der Waals surface area (Å²) in [5, 5.41) is 60.3. The number of aromatic hydroxyl groups is 1. The molecule has 1 radical (unpaired) electrons. The number of aromatic nitrogens is 1. The zero-order valence-corrected chi connectivity index (χ0v) is 25.9. The van der Waals surface area contributed by atoms with Crippen LogP contribution in [0.4, 0.5) is 11.7 Å². The number of fused-ring (bicyclic) bond motifs is 3. The summed E-state index contributed by atoms with van der Waals surface area (Å²) in [6.45, 7) is 0. The molecule has 5 atom stereocenters. The summed E-state index contributed by atoms with van der Waals surface area (Å²) < 4.78 is 5.78. The summed E-state index contributed by atoms with van der Waals surface area (Å²) >= 11 is 0. The number of benzene rings is 1. The predicted octanol–water partition coefficient (Wildman–Crippen LogP) is 2.22. The highest BCUT2D eigenvalue weighted by molar-refractivity contribution is 6.24. The second-order valence-corrected chi connectivity index (χ2v) is 14.5. The number of amides is 1. The maximum absolute atomic E-state index is 14.1. The van der Waals surface area contributed by atoms with Gasteiger partial charge in [-0.2, -0.15) is 4.98 Å². The number of likely N-dealkylation sites (N-methyl/N-ethyl adjacent to an activating group) is 1. The molecule has 4 bridgehead atoms. The lowest BCUT2D eigenvalue weighted by molar-refractivity contribution is -0.167. The van der Waals surface area contributed by atoms with Crippen LogP contribution in [-0.2, 0) is 14.4 Å². The van der Waals surface area contributed by atoms with Crippen LogP contribution in [0.1, 0.15) is 54.8 Å². The Kier molecular flexibility index (Phi) is 6.51. The Morgan fingerprint density at radius 3 is 2.34 bits per heavy atom. The number of phenolic OH excluding ortho intramolecular Hbond substituents is 1. The van der Waals surface area contributed by atoms with E-state index in [0.717, 1.165) is 17.5 Å². The van der Waals surface area contributed by atoms with Crippen LogP contribution in [0.15, 0.2) is 39.7 Å². The Bertz CT molecular complexity index is 1780. The number of rotatable bonds is 5. The van der Waals surface area contributed by atoms with Crippen molar-refractivity contribution in [2.75, 3.05) is 19.4 Å². The molecule has 1 amide bonds. The first kappa shape index (κ1) is 30.2. The highest BCUT2D eigenvalue weighted by Gasteiger charge is 2.67. The average Bonchev–Trinajstić information content (AvgIpc) is 3.45. The van der Waals surface area contributed by atoms with Gasteiger partial charge in [-0.3, -0.25) is 19.3 Å². The number of carbonyl (C=O) groups excluding carboxylic acids is 3. The highest BCUT2D eigenvalue weighted by atomic mass is 16.4. The van der Waals surface area contributed by atoms with E-state index in [4.69, 9.17) is 15.1 Å². The molecule has 0 unspecified atom stereocenters. The molecule has 13 heteroatoms. The third kappa shape index (κ3) is 4.05. The van der Waals surface area contributed by atoms with Gasteiger partial charge < -0.3 is 41.0 Å². The largest absolute Gasteiger partial charge is 0.508 e. The molecule has 8 N–H and O–H groups in total. The molecule has 1 aromatic heterocycles. The average molecular weight is 646 g/mol. The summed E-state index contributed by atoms with van der Waals surface area (Å²) in [4.78, 5) is 45.6. The Labute approximate surface area is 269 Å². The minimum Gasteiger partial charge on any atom is -0.508 e. The van der Waals surface area contributed by atoms with Gasteiger partial charge in [-0.25, -0.2) is 0 Å². The zero-order chi connectivity index (χ0) is 33.3. The van der Waals surface area contributed by atoms with Crippen LogP contribution in [0.3, 0.4) is 0 Å². The first-order valence-corrected chi connectivity index (χ1v) is 16.1. The molecule has 13 nitrogen and oxygen atoms in total. The Morgan fingerprint density at radius 2 is 1.72 bits per heavy atom. The van der Waals surface area contributed by atoms with Crippen LogP contribution in [0.25, 0.3) is 5.76 Å². The molecule has 0 spiro atoms. The van der Waals surface area contributed by atoms with Crippen LogP contribution in [0.2, 0.25) is 0 Å². The van der Waals surface area contributed by atoms with Gasteiger partial charge in [0.25, 0.3) is 11.9 Å². The van der Waals surface area contributed by atoms with Crippen molar-refractivity contribution in [1.29, 1.82) is 0 Å². The van der Waals surface area contributed by atoms with Gasteiger partial charge in [-0.05, 0) is 81.5 Å². The fourth-order valence-electron chi connectivity index (χ4n) is 10.1. The molecular weight excluding hydrogens is 608 g/mol. The third-order valence-electron chi connectivity index (χ3n) is 11.8. The smallest absolute Gasteiger partial charge is 0.299 e. The second-order valence-electron chi connectivity index (χ2n) is 14.5. The lowest BCUT2D eigenvalue weighted by Gasteiger charge is -2.53. The number of carbonyl (C=O) groups is 3. The quantitative estimate of drug-likeness (QED) is 0.184. The van der Waals surface area contributed by atoms with Crippen molar-refractivity contribution in [3.8, 4) is 5.75 Å². The van der Waals surface area contributed by atoms with E-state index in [1.54, 1.807) is 18.4 Å². The van der Waals surface area contributed by atoms with Gasteiger partial charge in [-0.1, -0.05) is 6.07 Å². The van der Waals surface area contributed by atoms with Crippen LogP contribution >= 0.6 is 0 Å². The number of nitrogens with one attached hydrogen (secondary N) is 1. The summed E-state index contributed by atoms with van der Waals surface area (Å²) in [6.07, 6.45) is 7.65. The SMILES string of the molecule is CN(C)[C@H]1C(=O)C(C(N)=O)=C(O)[C@]2(O)C(=O)C3=C(O)c4c(ccc(Nc5nc(C6C7CC8CC(C7)CC6C8)co5)c4O)[CH][C@@H]3[C@@H](O)[C@H]12. The minimum atomic E-state index is -2.98. The normalized spacial score (nSPS) is 37.3. The van der Waals surface area contributed by atoms with Gasteiger partial charge >= 0.3 is 0 Å². The van der Waals surface area contributed by atoms with E-state index in [1.165, 1.54) is 57.5 Å². The molecule has 9 rings (SSSR count). The predicted molar refractivity (Wildman–Crippen MR) is 165 cm³/mol. The lowest BCUT2D eigenvalue weighted by atomic mass is 9.51. The molecule has 5 saturated carbocycles. The number of Topliss-reactive ketones (excluding diaryl/α,β-unsaturated/α-hetero) is 2. The number of anilines is 2. The number of oxazole rings is 1. The molecule has 47 heavy (non-hydrogen) atoms. The van der Waals surface area contributed by atoms with Gasteiger partial charge in [-0.15, -0.1) is 0 Å². The van der Waals surface area contributed by atoms with E-state index in [-0.39, 0.29) is 22.8 Å². The number of aliphatic hydroxyl groups is 4. The third-order valence-corrected chi connectivity index (χ3v) is 11.8. The number of ketones is 2. The molecule has 247 valence electrons. The molecule has 7 aliphatic rings. The van der Waals surface area contributed by atoms with Crippen LogP contribution in [0.5, 0.6) is 5.75 Å². The summed E-state index contributed by atoms with van der Waals surface area (Å²) in [5.74, 6) is -5.74. The van der Waals surface area contributed by atoms with E-state index >= 15 is 0 Å². The monoisotopic (exact) mass is 645 g/mol. The van der Waals surface area contributed by atoms with E-state index in [1.807, 2.05) is 0 Å². The van der Waals surface area contributed by atoms with Gasteiger partial charge in [0.1, 0.15) is 29.1 Å². The van der Waals surface area contributed by atoms with E-state index < -0.39 is 75.5 Å². The molecule has 7 aliphatic carbocycles. The Morgan fingerprint density at radius 1 is 1.06 bits per heavy atom. The number of nitrogens with zero attached hydrogens (tertiary/aromatic N) is 2. The van der Waals surface area contributed by atoms with Gasteiger partial charge in [0.2, 0.25) is 5.78 Å². The fourth-order valence-corrected chi connectivity index (χ4v) is 10.1. The summed E-state index contributed by atoms with van der Waals surface area (Å²) in [5.41, 5.74) is 2.05. The first-order chi connectivity index (χ1) is 22.3. The topological polar surface area (TPSA) is 220 Å². The molecular formula is C34H37N4O9. The van der Waals surface area contributed by atoms with E-state index in [0.29, 0.717) is 17.8 Å². The van der Waals surface area contributed by atoms with Crippen LogP contribution in [0, 0.1) is 41.9 Å². The van der Waals surface area contributed by atoms with E-state index in [9.17, 15) is 39.9 Å². The number of nitrogens with two attached hydrogens (primary N) is 1. The van der Waals surface area contributed by atoms with Gasteiger partial charge in [0.05, 0.1) is 35.0 Å². The van der Waals surface area contributed by atoms with Crippen molar-refractivity contribution >= 4 is 34.9 Å². The number of aliphatic hydroxyl groups excluding tert-OH is 3. The maximum atomic E-state index is 14.1. The number of hydrogen-bond acceptors (Lipinski definition) is 12. The number of primary amides is 1. The molecule has 1 aromatic carbocycles. The van der Waals surface area contributed by atoms with Crippen molar-refractivity contribution in [1.82, 2.24) is 9.88 Å². The summed E-state index contributed by atoms with van der Waals surface area (Å²) in [6, 6.07) is 1.86. The first-order valence-electron chi connectivity index (χ1n) is 16.1. The molecule has 1 heterocycles. The van der Waals surface area contributed by atoms with Crippen molar-refractivity contribution in [2.24, 2.45) is 41.2 Å². The van der Waals surface area contributed by atoms with E-state index in [2.05, 4.69) is 5.32 Å². The molecule has 0 aliphatic heterocycles. The van der Waals surface area contributed by atoms with Crippen LogP contribution < -0.4 is 11.1 Å². The van der Waals surface area contributed by atoms with Crippen molar-refractivity contribution in [3.63, 3.8) is 0 Å². The Hall–Kier alpha value is -4.20. The second kappa shape index (κ2) is 10.1. The highest BCUT2D eigenvalue weighted by Crippen LogP contribution is 2.60. The van der Waals surface area contributed by atoms with Crippen molar-refractivity contribution < 1.29 is 44.3 Å². The number of hydrogen-bond donors (Lipinski definition) is 7. The standard InChI is InChI=1S/C34H37N4O9/c1-38(2)25-24-26(39)17-10-14-3-4-18(36-33-37-19(11-47-33)20-15-6-12-5-13(8-15)9-16(20)7-12)27(40)21(14)28(41)22(17)30(43)34(24,46)31(44)23(29(25)42)32(35)45/h3-4,10-13,15-17,20,24-26,39-41,44,46H,5-9H2,1-2H3,(H2,35,45)(H,36,37)/t12?,13?,15?,16?,17-,20?,24-,25+,26+,34+/m0/s1. The fraction of sp³-hybridized carbons (Fsp3) is 0.500. The van der Waals surface area contributed by atoms with Crippen molar-refractivity contribution in [3.05, 3.63) is 58.5 Å². The zero-order valence-electron chi connectivity index (χ0n) is 25.9. The van der Waals surface area contributed by atoms with Gasteiger partial charge in [0, 0.05) is 23.8 Å². The minimum absolute atomic E-state index is 0.122. The number of phenols is 1.